The summed E-state index contributed by atoms with van der Waals surface area (Å²) in [5, 5.41) is 16.2. The van der Waals surface area contributed by atoms with Gasteiger partial charge in [0, 0.05) is 12.6 Å². The number of nitro benzene ring substituents is 1. The maximum absolute atomic E-state index is 12.3. The summed E-state index contributed by atoms with van der Waals surface area (Å²) >= 11 is 0. The minimum atomic E-state index is -0.644. The molecule has 0 atom stereocenters. The highest BCUT2D eigenvalue weighted by Gasteiger charge is 2.20. The zero-order valence-electron chi connectivity index (χ0n) is 12.4. The van der Waals surface area contributed by atoms with Gasteiger partial charge in [-0.05, 0) is 25.1 Å². The molecule has 0 fully saturated rings. The number of anilines is 1. The summed E-state index contributed by atoms with van der Waals surface area (Å²) < 4.78 is 0. The molecule has 0 aliphatic heterocycles. The predicted octanol–water partition coefficient (Wildman–Crippen LogP) is 2.60. The first-order valence-corrected chi connectivity index (χ1v) is 6.96. The van der Waals surface area contributed by atoms with E-state index in [0.717, 1.165) is 0 Å². The number of hydrogen-bond donors (Lipinski definition) is 2. The number of hydrogen-bond acceptors (Lipinski definition) is 4. The van der Waals surface area contributed by atoms with Crippen molar-refractivity contribution in [3.05, 3.63) is 69.8 Å². The van der Waals surface area contributed by atoms with Crippen LogP contribution in [0.15, 0.2) is 48.5 Å². The van der Waals surface area contributed by atoms with Gasteiger partial charge in [-0.3, -0.25) is 19.7 Å². The third-order valence-electron chi connectivity index (χ3n) is 3.10. The Kier molecular flexibility index (Phi) is 5.03. The van der Waals surface area contributed by atoms with Gasteiger partial charge in [0.2, 0.25) is 0 Å². The minimum Gasteiger partial charge on any atom is -0.352 e. The van der Waals surface area contributed by atoms with Gasteiger partial charge in [-0.15, -0.1) is 0 Å². The van der Waals surface area contributed by atoms with Gasteiger partial charge < -0.3 is 10.6 Å². The Morgan fingerprint density at radius 2 is 1.61 bits per heavy atom. The first-order valence-electron chi connectivity index (χ1n) is 6.96. The third-order valence-corrected chi connectivity index (χ3v) is 3.10. The third kappa shape index (κ3) is 3.70. The molecule has 0 aliphatic carbocycles. The van der Waals surface area contributed by atoms with Gasteiger partial charge in [-0.1, -0.05) is 24.3 Å². The van der Waals surface area contributed by atoms with E-state index >= 15 is 0 Å². The van der Waals surface area contributed by atoms with E-state index in [1.807, 2.05) is 0 Å². The molecular weight excluding hydrogens is 298 g/mol. The average Bonchev–Trinajstić information content (AvgIpc) is 2.55. The molecule has 2 rings (SSSR count). The van der Waals surface area contributed by atoms with Crippen LogP contribution in [0.2, 0.25) is 0 Å². The molecule has 7 nitrogen and oxygen atoms in total. The fraction of sp³-hybridized carbons (Fsp3) is 0.125. The van der Waals surface area contributed by atoms with Crippen LogP contribution in [0.3, 0.4) is 0 Å². The number of nitrogens with one attached hydrogen (secondary N) is 2. The normalized spacial score (nSPS) is 9.96. The number of rotatable bonds is 5. The zero-order chi connectivity index (χ0) is 16.8. The lowest BCUT2D eigenvalue weighted by Gasteiger charge is -2.11. The number of nitrogens with zero attached hydrogens (tertiary/aromatic N) is 1. The van der Waals surface area contributed by atoms with Gasteiger partial charge >= 0.3 is 0 Å². The maximum atomic E-state index is 12.3. The van der Waals surface area contributed by atoms with Crippen LogP contribution in [-0.4, -0.2) is 23.3 Å². The van der Waals surface area contributed by atoms with Gasteiger partial charge in [0.1, 0.15) is 5.56 Å². The van der Waals surface area contributed by atoms with Crippen LogP contribution in [0.4, 0.5) is 11.4 Å². The lowest BCUT2D eigenvalue weighted by Crippen LogP contribution is -2.25. The van der Waals surface area contributed by atoms with Gasteiger partial charge in [-0.2, -0.15) is 0 Å². The molecule has 0 heterocycles. The van der Waals surface area contributed by atoms with E-state index in [1.54, 1.807) is 31.2 Å². The number of amides is 2. The second-order valence-corrected chi connectivity index (χ2v) is 4.63. The van der Waals surface area contributed by atoms with Crippen LogP contribution in [0.1, 0.15) is 27.6 Å². The molecular formula is C16H15N3O4. The molecule has 0 spiro atoms. The van der Waals surface area contributed by atoms with Gasteiger partial charge in [0.25, 0.3) is 17.5 Å². The summed E-state index contributed by atoms with van der Waals surface area (Å²) in [7, 11) is 0. The Bertz CT molecular complexity index is 758. The molecule has 0 aromatic heterocycles. The monoisotopic (exact) mass is 313 g/mol. The highest BCUT2D eigenvalue weighted by molar-refractivity contribution is 6.10. The number of carbonyl (C=O) groups excluding carboxylic acids is 2. The lowest BCUT2D eigenvalue weighted by atomic mass is 10.1. The lowest BCUT2D eigenvalue weighted by molar-refractivity contribution is -0.385. The van der Waals surface area contributed by atoms with Crippen molar-refractivity contribution in [2.24, 2.45) is 0 Å². The van der Waals surface area contributed by atoms with E-state index in [1.165, 1.54) is 24.3 Å². The summed E-state index contributed by atoms with van der Waals surface area (Å²) in [6.07, 6.45) is 0. The highest BCUT2D eigenvalue weighted by atomic mass is 16.6. The summed E-state index contributed by atoms with van der Waals surface area (Å²) in [6, 6.07) is 12.1. The Labute approximate surface area is 132 Å². The van der Waals surface area contributed by atoms with Crippen molar-refractivity contribution >= 4 is 23.2 Å². The minimum absolute atomic E-state index is 0.0665. The highest BCUT2D eigenvalue weighted by Crippen LogP contribution is 2.21. The van der Waals surface area contributed by atoms with Crippen molar-refractivity contribution in [1.29, 1.82) is 0 Å². The molecule has 0 unspecified atom stereocenters. The number of benzene rings is 2. The second-order valence-electron chi connectivity index (χ2n) is 4.63. The van der Waals surface area contributed by atoms with Crippen LogP contribution in [0.5, 0.6) is 0 Å². The maximum Gasteiger partial charge on any atom is 0.282 e. The molecule has 0 saturated heterocycles. The van der Waals surface area contributed by atoms with Crippen LogP contribution in [-0.2, 0) is 0 Å². The molecule has 0 radical (unpaired) electrons. The Hall–Kier alpha value is -3.22. The van der Waals surface area contributed by atoms with Crippen LogP contribution < -0.4 is 10.6 Å². The molecule has 0 aliphatic rings. The van der Waals surface area contributed by atoms with Gasteiger partial charge in [0.15, 0.2) is 0 Å². The van der Waals surface area contributed by atoms with E-state index < -0.39 is 10.8 Å². The Morgan fingerprint density at radius 3 is 2.26 bits per heavy atom. The topological polar surface area (TPSA) is 101 Å². The summed E-state index contributed by atoms with van der Waals surface area (Å²) in [4.78, 5) is 34.7. The van der Waals surface area contributed by atoms with Crippen molar-refractivity contribution < 1.29 is 14.5 Å². The average molecular weight is 313 g/mol. The van der Waals surface area contributed by atoms with E-state index in [4.69, 9.17) is 0 Å². The van der Waals surface area contributed by atoms with Crippen molar-refractivity contribution in [2.45, 2.75) is 6.92 Å². The predicted molar refractivity (Wildman–Crippen MR) is 85.5 cm³/mol. The first-order chi connectivity index (χ1) is 11.0. The van der Waals surface area contributed by atoms with Gasteiger partial charge in [0.05, 0.1) is 16.2 Å². The molecule has 118 valence electrons. The number of carbonyl (C=O) groups is 2. The van der Waals surface area contributed by atoms with Crippen LogP contribution >= 0.6 is 0 Å². The molecule has 0 saturated carbocycles. The van der Waals surface area contributed by atoms with E-state index in [9.17, 15) is 19.7 Å². The molecule has 0 bridgehead atoms. The van der Waals surface area contributed by atoms with Crippen molar-refractivity contribution in [3.63, 3.8) is 0 Å². The summed E-state index contributed by atoms with van der Waals surface area (Å²) in [5.41, 5.74) is 0.228. The quantitative estimate of drug-likeness (QED) is 0.654. The van der Waals surface area contributed by atoms with Crippen LogP contribution in [0, 0.1) is 10.1 Å². The molecule has 23 heavy (non-hydrogen) atoms. The first kappa shape index (κ1) is 16.2. The van der Waals surface area contributed by atoms with Crippen LogP contribution in [0.25, 0.3) is 0 Å². The molecule has 2 aromatic rings. The second kappa shape index (κ2) is 7.17. The number of nitro groups is 1. The van der Waals surface area contributed by atoms with Gasteiger partial charge in [-0.25, -0.2) is 0 Å². The standard InChI is InChI=1S/C16H15N3O4/c1-2-17-15(20)11-7-3-5-9-13(11)18-16(21)12-8-4-6-10-14(12)19(22)23/h3-10H,2H2,1H3,(H,17,20)(H,18,21). The Balaban J connectivity index is 2.32. The Morgan fingerprint density at radius 1 is 1.00 bits per heavy atom. The fourth-order valence-corrected chi connectivity index (χ4v) is 2.06. The van der Waals surface area contributed by atoms with E-state index in [0.29, 0.717) is 17.8 Å². The van der Waals surface area contributed by atoms with Crippen molar-refractivity contribution in [1.82, 2.24) is 5.32 Å². The molecule has 2 amide bonds. The molecule has 2 N–H and O–H groups in total. The largest absolute Gasteiger partial charge is 0.352 e. The number of para-hydroxylation sites is 2. The zero-order valence-corrected chi connectivity index (χ0v) is 12.4. The van der Waals surface area contributed by atoms with E-state index in [-0.39, 0.29) is 17.2 Å². The van der Waals surface area contributed by atoms with Crippen molar-refractivity contribution in [3.8, 4) is 0 Å². The molecule has 2 aromatic carbocycles. The van der Waals surface area contributed by atoms with Crippen molar-refractivity contribution in [2.75, 3.05) is 11.9 Å². The summed E-state index contributed by atoms with van der Waals surface area (Å²) in [6.45, 7) is 2.23. The smallest absolute Gasteiger partial charge is 0.282 e. The molecule has 7 heteroatoms. The fourth-order valence-electron chi connectivity index (χ4n) is 2.06. The van der Waals surface area contributed by atoms with E-state index in [2.05, 4.69) is 10.6 Å². The summed E-state index contributed by atoms with van der Waals surface area (Å²) in [5.74, 6) is -0.972. The SMILES string of the molecule is CCNC(=O)c1ccccc1NC(=O)c1ccccc1[N+](=O)[O-].